The third-order valence-corrected chi connectivity index (χ3v) is 7.93. The molecule has 5 rings (SSSR count). The molecule has 15 heteroatoms. The van der Waals surface area contributed by atoms with Gasteiger partial charge in [-0.2, -0.15) is 0 Å². The molecule has 0 saturated carbocycles. The Balaban J connectivity index is 1.64. The van der Waals surface area contributed by atoms with Gasteiger partial charge in [-0.05, 0) is 23.8 Å². The first-order chi connectivity index (χ1) is 19.9. The zero-order chi connectivity index (χ0) is 30.7. The van der Waals surface area contributed by atoms with Crippen LogP contribution in [0.2, 0.25) is 0 Å². The van der Waals surface area contributed by atoms with E-state index in [9.17, 15) is 60.7 Å². The molecule has 0 unspecified atom stereocenters. The zero-order valence-corrected chi connectivity index (χ0v) is 21.7. The van der Waals surface area contributed by atoms with E-state index in [1.54, 1.807) is 0 Å². The maximum Gasteiger partial charge on any atom is 0.214 e. The lowest BCUT2D eigenvalue weighted by molar-refractivity contribution is -0.266. The molecule has 4 aliphatic rings. The number of phenols is 1. The third-order valence-electron chi connectivity index (χ3n) is 7.93. The third kappa shape index (κ3) is 4.55. The number of rotatable bonds is 6. The predicted molar refractivity (Wildman–Crippen MR) is 135 cm³/mol. The van der Waals surface area contributed by atoms with Crippen molar-refractivity contribution in [3.05, 3.63) is 58.6 Å². The van der Waals surface area contributed by atoms with Crippen molar-refractivity contribution in [2.24, 2.45) is 0 Å². The molecular formula is C27H30O15. The number of hydrogen-bond donors (Lipinski definition) is 10. The Bertz CT molecular complexity index is 1330. The van der Waals surface area contributed by atoms with Crippen molar-refractivity contribution in [3.8, 4) is 5.75 Å². The average Bonchev–Trinajstić information content (AvgIpc) is 3.37. The van der Waals surface area contributed by atoms with Crippen LogP contribution in [0.5, 0.6) is 5.75 Å². The fraction of sp³-hybridized carbons (Fsp3) is 0.481. The molecular weight excluding hydrogens is 564 g/mol. The minimum atomic E-state index is -3.22. The lowest BCUT2D eigenvalue weighted by Gasteiger charge is -2.47. The molecule has 2 saturated heterocycles. The van der Waals surface area contributed by atoms with Crippen LogP contribution in [0, 0.1) is 0 Å². The van der Waals surface area contributed by atoms with E-state index in [1.165, 1.54) is 30.3 Å². The molecule has 3 heterocycles. The van der Waals surface area contributed by atoms with Crippen LogP contribution in [0.3, 0.4) is 0 Å². The van der Waals surface area contributed by atoms with Gasteiger partial charge in [-0.1, -0.05) is 18.2 Å². The van der Waals surface area contributed by atoms with Gasteiger partial charge in [0.15, 0.2) is 11.9 Å². The molecule has 0 spiro atoms. The molecule has 1 aliphatic carbocycles. The van der Waals surface area contributed by atoms with Crippen LogP contribution in [0.25, 0.3) is 6.08 Å². The Labute approximate surface area is 237 Å². The first-order valence-electron chi connectivity index (χ1n) is 12.9. The Morgan fingerprint density at radius 3 is 2.07 bits per heavy atom. The number of phenolic OH excluding ortho intramolecular Hbond substituents is 1. The molecule has 1 aromatic rings. The maximum atomic E-state index is 13.9. The number of aliphatic hydroxyl groups excluding tert-OH is 8. The van der Waals surface area contributed by atoms with E-state index in [1.807, 2.05) is 0 Å². The lowest BCUT2D eigenvalue weighted by atomic mass is 9.73. The van der Waals surface area contributed by atoms with E-state index < -0.39 is 114 Å². The minimum Gasteiger partial charge on any atom is -0.508 e. The van der Waals surface area contributed by atoms with E-state index in [0.29, 0.717) is 5.56 Å². The van der Waals surface area contributed by atoms with Gasteiger partial charge in [-0.15, -0.1) is 0 Å². The molecule has 0 bridgehead atoms. The van der Waals surface area contributed by atoms with Crippen molar-refractivity contribution in [2.45, 2.75) is 66.6 Å². The quantitative estimate of drug-likeness (QED) is 0.111. The topological polar surface area (TPSA) is 264 Å². The predicted octanol–water partition coefficient (Wildman–Crippen LogP) is -3.92. The molecule has 0 aromatic heterocycles. The number of carbonyl (C=O) groups is 2. The van der Waals surface area contributed by atoms with Crippen molar-refractivity contribution in [1.82, 2.24) is 0 Å². The van der Waals surface area contributed by atoms with Crippen LogP contribution in [0.15, 0.2) is 53.0 Å². The smallest absolute Gasteiger partial charge is 0.214 e. The monoisotopic (exact) mass is 594 g/mol. The summed E-state index contributed by atoms with van der Waals surface area (Å²) in [6.07, 6.45) is -16.0. The van der Waals surface area contributed by atoms with Gasteiger partial charge >= 0.3 is 0 Å². The molecule has 3 aliphatic heterocycles. The van der Waals surface area contributed by atoms with Crippen LogP contribution >= 0.6 is 0 Å². The Morgan fingerprint density at radius 2 is 1.45 bits per heavy atom. The van der Waals surface area contributed by atoms with Gasteiger partial charge in [0.25, 0.3) is 0 Å². The van der Waals surface area contributed by atoms with Crippen molar-refractivity contribution in [3.63, 3.8) is 0 Å². The molecule has 42 heavy (non-hydrogen) atoms. The SMILES string of the molecule is O=C(/C=C/c1ccc(O)cc1)C1=C(O)C2=C(O[C@@H]3[C@@H](O)[C@H](O)[C@@H](CO)O[C@@H]23)[C@](O)([C@@H]2O[C@H](CO)[C@@H](O)[C@H](O)[C@H]2O)C1=O. The van der Waals surface area contributed by atoms with Gasteiger partial charge < -0.3 is 65.3 Å². The summed E-state index contributed by atoms with van der Waals surface area (Å²) in [6.45, 7) is -1.73. The van der Waals surface area contributed by atoms with Crippen molar-refractivity contribution < 1.29 is 74.9 Å². The van der Waals surface area contributed by atoms with Crippen LogP contribution in [-0.2, 0) is 23.8 Å². The summed E-state index contributed by atoms with van der Waals surface area (Å²) < 4.78 is 16.7. The van der Waals surface area contributed by atoms with E-state index >= 15 is 0 Å². The van der Waals surface area contributed by atoms with Crippen LogP contribution < -0.4 is 0 Å². The maximum absolute atomic E-state index is 13.9. The molecule has 2 fully saturated rings. The Hall–Kier alpha value is -3.22. The highest BCUT2D eigenvalue weighted by molar-refractivity contribution is 6.29. The van der Waals surface area contributed by atoms with Crippen molar-refractivity contribution in [2.75, 3.05) is 13.2 Å². The largest absolute Gasteiger partial charge is 0.508 e. The van der Waals surface area contributed by atoms with Crippen LogP contribution in [-0.4, -0.2) is 142 Å². The molecule has 11 atom stereocenters. The van der Waals surface area contributed by atoms with Gasteiger partial charge in [0.05, 0.1) is 18.8 Å². The number of allylic oxidation sites excluding steroid dienone is 1. The summed E-state index contributed by atoms with van der Waals surface area (Å²) in [5, 5.41) is 105. The van der Waals surface area contributed by atoms with Crippen molar-refractivity contribution in [1.29, 1.82) is 0 Å². The summed E-state index contributed by atoms with van der Waals surface area (Å²) in [6, 6.07) is 5.53. The highest BCUT2D eigenvalue weighted by Crippen LogP contribution is 2.50. The van der Waals surface area contributed by atoms with Gasteiger partial charge in [-0.3, -0.25) is 9.59 Å². The number of hydrogen-bond acceptors (Lipinski definition) is 15. The summed E-state index contributed by atoms with van der Waals surface area (Å²) in [5.74, 6) is -4.64. The lowest BCUT2D eigenvalue weighted by Crippen LogP contribution is -2.68. The summed E-state index contributed by atoms with van der Waals surface area (Å²) in [7, 11) is 0. The molecule has 15 nitrogen and oxygen atoms in total. The van der Waals surface area contributed by atoms with Gasteiger partial charge in [-0.25, -0.2) is 0 Å². The number of Topliss-reactive ketones (excluding diaryl/α,β-unsaturated/α-hetero) is 1. The standard InChI is InChI=1S/C27H30O15/c28-7-12-17(33)20(36)23-22(40-12)15-18(34)14(11(31)6-3-9-1-4-10(30)5-2-9)24(38)27(39,25(15)42-23)26-21(37)19(35)16(32)13(8-29)41-26/h1-6,12-13,16-17,19-23,26,28-30,32-37,39H,7-8H2/b6-3+/t12-,13-,16-,17-,19+,20+,21-,22+,23-,26-,27+/m1/s1. The second-order valence-electron chi connectivity index (χ2n) is 10.4. The van der Waals surface area contributed by atoms with E-state index in [0.717, 1.165) is 6.08 Å². The zero-order valence-electron chi connectivity index (χ0n) is 21.7. The normalized spacial score (nSPS) is 40.2. The number of benzene rings is 1. The molecule has 0 radical (unpaired) electrons. The summed E-state index contributed by atoms with van der Waals surface area (Å²) >= 11 is 0. The highest BCUT2D eigenvalue weighted by atomic mass is 16.6. The van der Waals surface area contributed by atoms with Crippen LogP contribution in [0.4, 0.5) is 0 Å². The van der Waals surface area contributed by atoms with E-state index in [-0.39, 0.29) is 5.75 Å². The summed E-state index contributed by atoms with van der Waals surface area (Å²) in [4.78, 5) is 27.3. The van der Waals surface area contributed by atoms with Gasteiger partial charge in [0, 0.05) is 0 Å². The molecule has 1 aromatic carbocycles. The average molecular weight is 595 g/mol. The number of aliphatic hydroxyl groups is 9. The van der Waals surface area contributed by atoms with E-state index in [2.05, 4.69) is 0 Å². The first-order valence-corrected chi connectivity index (χ1v) is 12.9. The van der Waals surface area contributed by atoms with Gasteiger partial charge in [0.2, 0.25) is 11.4 Å². The first kappa shape index (κ1) is 30.2. The second kappa shape index (κ2) is 11.1. The Morgan fingerprint density at radius 1 is 0.857 bits per heavy atom. The number of aromatic hydroxyl groups is 1. The van der Waals surface area contributed by atoms with E-state index in [4.69, 9.17) is 14.2 Å². The number of fused-ring (bicyclic) bond motifs is 2. The number of carbonyl (C=O) groups excluding carboxylic acids is 2. The Kier molecular flexibility index (Phi) is 8.01. The summed E-state index contributed by atoms with van der Waals surface area (Å²) in [5.41, 5.74) is -4.38. The number of ketones is 2. The second-order valence-corrected chi connectivity index (χ2v) is 10.4. The number of ether oxygens (including phenoxy) is 3. The molecule has 0 amide bonds. The molecule has 228 valence electrons. The van der Waals surface area contributed by atoms with Gasteiger partial charge in [0.1, 0.15) is 77.8 Å². The fourth-order valence-electron chi connectivity index (χ4n) is 5.63. The fourth-order valence-corrected chi connectivity index (χ4v) is 5.63. The van der Waals surface area contributed by atoms with Crippen molar-refractivity contribution >= 4 is 17.6 Å². The molecule has 10 N–H and O–H groups in total. The van der Waals surface area contributed by atoms with Crippen LogP contribution in [0.1, 0.15) is 5.56 Å². The highest BCUT2D eigenvalue weighted by Gasteiger charge is 2.67. The minimum absolute atomic E-state index is 0.0536.